The van der Waals surface area contributed by atoms with Crippen LogP contribution in [-0.4, -0.2) is 36.6 Å². The number of nitrogens with one attached hydrogen (secondary N) is 1. The van der Waals surface area contributed by atoms with E-state index in [1.54, 1.807) is 0 Å². The molecule has 0 saturated carbocycles. The van der Waals surface area contributed by atoms with Gasteiger partial charge in [0.1, 0.15) is 0 Å². The molecule has 1 rings (SSSR count). The molecule has 1 atom stereocenters. The average molecular weight is 255 g/mol. The van der Waals surface area contributed by atoms with E-state index in [-0.39, 0.29) is 17.5 Å². The van der Waals surface area contributed by atoms with E-state index in [0.717, 1.165) is 32.4 Å². The third-order valence-electron chi connectivity index (χ3n) is 3.69. The van der Waals surface area contributed by atoms with Gasteiger partial charge in [0.25, 0.3) is 0 Å². The van der Waals surface area contributed by atoms with Crippen LogP contribution < -0.4 is 11.1 Å². The minimum atomic E-state index is 0.0564. The minimum Gasteiger partial charge on any atom is -0.335 e. The Morgan fingerprint density at radius 3 is 2.22 bits per heavy atom. The lowest BCUT2D eigenvalue weighted by Gasteiger charge is -2.33. The molecule has 106 valence electrons. The van der Waals surface area contributed by atoms with E-state index >= 15 is 0 Å². The van der Waals surface area contributed by atoms with Crippen molar-refractivity contribution in [3.05, 3.63) is 0 Å². The summed E-state index contributed by atoms with van der Waals surface area (Å²) in [6.45, 7) is 8.85. The van der Waals surface area contributed by atoms with Crippen LogP contribution in [0, 0.1) is 5.41 Å². The quantitative estimate of drug-likeness (QED) is 0.813. The maximum Gasteiger partial charge on any atom is 0.317 e. The zero-order chi connectivity index (χ0) is 13.6. The summed E-state index contributed by atoms with van der Waals surface area (Å²) in [5.74, 6) is 0. The molecule has 0 aliphatic carbocycles. The Labute approximate surface area is 111 Å². The predicted molar refractivity (Wildman–Crippen MR) is 75.5 cm³/mol. The van der Waals surface area contributed by atoms with Crippen LogP contribution in [0.5, 0.6) is 0 Å². The van der Waals surface area contributed by atoms with Gasteiger partial charge in [0.2, 0.25) is 0 Å². The summed E-state index contributed by atoms with van der Waals surface area (Å²) in [5.41, 5.74) is 5.70. The Hall–Kier alpha value is -0.770. The molecule has 0 spiro atoms. The number of nitrogens with two attached hydrogens (primary N) is 1. The Bertz CT molecular complexity index is 252. The molecule has 4 heteroatoms. The highest BCUT2D eigenvalue weighted by Crippen LogP contribution is 2.22. The number of nitrogens with zero attached hydrogens (tertiary/aromatic N) is 1. The van der Waals surface area contributed by atoms with Gasteiger partial charge in [0.15, 0.2) is 0 Å². The Morgan fingerprint density at radius 1 is 1.22 bits per heavy atom. The van der Waals surface area contributed by atoms with Gasteiger partial charge >= 0.3 is 6.03 Å². The molecule has 3 N–H and O–H groups in total. The Kier molecular flexibility index (Phi) is 5.93. The van der Waals surface area contributed by atoms with E-state index in [4.69, 9.17) is 5.73 Å². The largest absolute Gasteiger partial charge is 0.335 e. The molecule has 1 fully saturated rings. The van der Waals surface area contributed by atoms with Gasteiger partial charge in [0.05, 0.1) is 0 Å². The number of rotatable bonds is 3. The molecule has 0 aromatic rings. The van der Waals surface area contributed by atoms with E-state index in [1.807, 2.05) is 4.90 Å². The molecule has 1 aliphatic heterocycles. The maximum absolute atomic E-state index is 12.3. The van der Waals surface area contributed by atoms with Gasteiger partial charge in [-0.1, -0.05) is 33.6 Å². The summed E-state index contributed by atoms with van der Waals surface area (Å²) in [6.07, 6.45) is 5.59. The van der Waals surface area contributed by atoms with E-state index in [0.29, 0.717) is 6.54 Å². The lowest BCUT2D eigenvalue weighted by Crippen LogP contribution is -2.50. The van der Waals surface area contributed by atoms with Crippen molar-refractivity contribution in [1.29, 1.82) is 0 Å². The van der Waals surface area contributed by atoms with Crippen molar-refractivity contribution < 1.29 is 4.79 Å². The van der Waals surface area contributed by atoms with E-state index in [2.05, 4.69) is 26.1 Å². The normalized spacial score (nSPS) is 19.2. The highest BCUT2D eigenvalue weighted by atomic mass is 16.2. The third-order valence-corrected chi connectivity index (χ3v) is 3.69. The van der Waals surface area contributed by atoms with Crippen LogP contribution in [0.4, 0.5) is 4.79 Å². The molecule has 1 heterocycles. The van der Waals surface area contributed by atoms with Crippen LogP contribution in [0.3, 0.4) is 0 Å². The summed E-state index contributed by atoms with van der Waals surface area (Å²) >= 11 is 0. The second-order valence-corrected chi connectivity index (χ2v) is 6.35. The zero-order valence-electron chi connectivity index (χ0n) is 12.2. The van der Waals surface area contributed by atoms with Crippen LogP contribution in [-0.2, 0) is 0 Å². The van der Waals surface area contributed by atoms with Gasteiger partial charge in [-0.15, -0.1) is 0 Å². The standard InChI is InChI=1S/C14H29N3O/c1-14(2,3)12(8-9-15)16-13(18)17-10-6-4-5-7-11-17/h12H,4-11,15H2,1-3H3,(H,16,18). The van der Waals surface area contributed by atoms with E-state index in [1.165, 1.54) is 12.8 Å². The minimum absolute atomic E-state index is 0.0564. The number of hydrogen-bond acceptors (Lipinski definition) is 2. The molecule has 1 aliphatic rings. The zero-order valence-corrected chi connectivity index (χ0v) is 12.2. The number of urea groups is 1. The van der Waals surface area contributed by atoms with Gasteiger partial charge in [-0.25, -0.2) is 4.79 Å². The van der Waals surface area contributed by atoms with Gasteiger partial charge in [0, 0.05) is 19.1 Å². The van der Waals surface area contributed by atoms with Gasteiger partial charge in [-0.2, -0.15) is 0 Å². The van der Waals surface area contributed by atoms with Crippen LogP contribution >= 0.6 is 0 Å². The monoisotopic (exact) mass is 255 g/mol. The first-order valence-corrected chi connectivity index (χ1v) is 7.20. The first-order valence-electron chi connectivity index (χ1n) is 7.20. The summed E-state index contributed by atoms with van der Waals surface area (Å²) < 4.78 is 0. The second-order valence-electron chi connectivity index (χ2n) is 6.35. The first kappa shape index (κ1) is 15.3. The van der Waals surface area contributed by atoms with Crippen LogP contribution in [0.15, 0.2) is 0 Å². The molecular weight excluding hydrogens is 226 g/mol. The number of hydrogen-bond donors (Lipinski definition) is 2. The van der Waals surface area contributed by atoms with Crippen molar-refractivity contribution in [3.8, 4) is 0 Å². The van der Waals surface area contributed by atoms with Crippen molar-refractivity contribution in [2.24, 2.45) is 11.1 Å². The lowest BCUT2D eigenvalue weighted by molar-refractivity contribution is 0.179. The Morgan fingerprint density at radius 2 is 1.78 bits per heavy atom. The van der Waals surface area contributed by atoms with Gasteiger partial charge < -0.3 is 16.0 Å². The second kappa shape index (κ2) is 6.98. The molecule has 4 nitrogen and oxygen atoms in total. The number of carbonyl (C=O) groups is 1. The predicted octanol–water partition coefficient (Wildman–Crippen LogP) is 2.34. The number of likely N-dealkylation sites (tertiary alicyclic amines) is 1. The molecule has 1 unspecified atom stereocenters. The van der Waals surface area contributed by atoms with Crippen molar-refractivity contribution in [2.45, 2.75) is 58.9 Å². The van der Waals surface area contributed by atoms with Crippen molar-refractivity contribution >= 4 is 6.03 Å². The highest BCUT2D eigenvalue weighted by molar-refractivity contribution is 5.74. The SMILES string of the molecule is CC(C)(C)C(CCN)NC(=O)N1CCCCCC1. The first-order chi connectivity index (χ1) is 8.45. The fourth-order valence-electron chi connectivity index (χ4n) is 2.40. The lowest BCUT2D eigenvalue weighted by atomic mass is 9.85. The van der Waals surface area contributed by atoms with Crippen LogP contribution in [0.25, 0.3) is 0 Å². The third kappa shape index (κ3) is 4.84. The van der Waals surface area contributed by atoms with Crippen LogP contribution in [0.1, 0.15) is 52.9 Å². The molecule has 1 saturated heterocycles. The number of amides is 2. The summed E-state index contributed by atoms with van der Waals surface area (Å²) in [5, 5.41) is 3.16. The van der Waals surface area contributed by atoms with E-state index < -0.39 is 0 Å². The van der Waals surface area contributed by atoms with Crippen molar-refractivity contribution in [3.63, 3.8) is 0 Å². The average Bonchev–Trinajstić information content (AvgIpc) is 2.55. The maximum atomic E-state index is 12.3. The van der Waals surface area contributed by atoms with Crippen molar-refractivity contribution in [2.75, 3.05) is 19.6 Å². The molecule has 0 bridgehead atoms. The molecule has 0 aromatic carbocycles. The fraction of sp³-hybridized carbons (Fsp3) is 0.929. The Balaban J connectivity index is 2.54. The molecular formula is C14H29N3O. The highest BCUT2D eigenvalue weighted by Gasteiger charge is 2.27. The number of carbonyl (C=O) groups excluding carboxylic acids is 1. The van der Waals surface area contributed by atoms with E-state index in [9.17, 15) is 4.79 Å². The topological polar surface area (TPSA) is 58.4 Å². The van der Waals surface area contributed by atoms with Gasteiger partial charge in [-0.05, 0) is 31.2 Å². The van der Waals surface area contributed by atoms with Gasteiger partial charge in [-0.3, -0.25) is 0 Å². The summed E-state index contributed by atoms with van der Waals surface area (Å²) in [7, 11) is 0. The summed E-state index contributed by atoms with van der Waals surface area (Å²) in [4.78, 5) is 14.2. The summed E-state index contributed by atoms with van der Waals surface area (Å²) in [6, 6.07) is 0.239. The van der Waals surface area contributed by atoms with Crippen molar-refractivity contribution in [1.82, 2.24) is 10.2 Å². The molecule has 18 heavy (non-hydrogen) atoms. The molecule has 0 aromatic heterocycles. The molecule has 2 amide bonds. The van der Waals surface area contributed by atoms with Crippen LogP contribution in [0.2, 0.25) is 0 Å². The molecule has 0 radical (unpaired) electrons. The smallest absolute Gasteiger partial charge is 0.317 e. The fourth-order valence-corrected chi connectivity index (χ4v) is 2.40.